The summed E-state index contributed by atoms with van der Waals surface area (Å²) in [6.45, 7) is 6.11. The average molecular weight is 327 g/mol. The Hall–Kier alpha value is -1.34. The van der Waals surface area contributed by atoms with E-state index in [9.17, 15) is 5.11 Å². The van der Waals surface area contributed by atoms with Crippen LogP contribution in [-0.2, 0) is 17.8 Å². The van der Waals surface area contributed by atoms with Gasteiger partial charge in [-0.05, 0) is 12.1 Å². The van der Waals surface area contributed by atoms with Gasteiger partial charge in [0.1, 0.15) is 13.1 Å². The van der Waals surface area contributed by atoms with E-state index in [1.54, 1.807) is 0 Å². The van der Waals surface area contributed by atoms with Crippen LogP contribution in [0.2, 0.25) is 0 Å². The highest BCUT2D eigenvalue weighted by Gasteiger charge is 2.15. The molecule has 6 nitrogen and oxygen atoms in total. The smallest absolute Gasteiger partial charge is 0.203 e. The zero-order valence-electron chi connectivity index (χ0n) is 12.6. The number of ether oxygens (including phenoxy) is 1. The molecule has 1 aromatic heterocycles. The lowest BCUT2D eigenvalue weighted by molar-refractivity contribution is -0.908. The molecule has 22 heavy (non-hydrogen) atoms. The van der Waals surface area contributed by atoms with Gasteiger partial charge >= 0.3 is 0 Å². The largest absolute Gasteiger partial charge is 1.00 e. The lowest BCUT2D eigenvalue weighted by Gasteiger charge is -2.23. The Morgan fingerprint density at radius 3 is 2.27 bits per heavy atom. The predicted octanol–water partition coefficient (Wildman–Crippen LogP) is -4.17. The Morgan fingerprint density at radius 2 is 1.68 bits per heavy atom. The molecule has 1 aliphatic heterocycles. The zero-order chi connectivity index (χ0) is 14.7. The molecule has 0 aliphatic carbocycles. The first kappa shape index (κ1) is 17.0. The summed E-state index contributed by atoms with van der Waals surface area (Å²) in [5.74, 6) is 0. The van der Waals surface area contributed by atoms with Crippen LogP contribution in [0.1, 0.15) is 0 Å². The summed E-state index contributed by atoms with van der Waals surface area (Å²) in [6, 6.07) is 8.05. The van der Waals surface area contributed by atoms with E-state index in [2.05, 4.69) is 6.07 Å². The van der Waals surface area contributed by atoms with E-state index in [1.807, 2.05) is 27.3 Å². The molecule has 0 atom stereocenters. The summed E-state index contributed by atoms with van der Waals surface area (Å²) in [7, 11) is 0. The number of imidazole rings is 1. The molecular formula is C15H23ClN4O2. The van der Waals surface area contributed by atoms with Gasteiger partial charge < -0.3 is 36.3 Å². The summed E-state index contributed by atoms with van der Waals surface area (Å²) >= 11 is 0. The second-order valence-electron chi connectivity index (χ2n) is 5.45. The maximum Gasteiger partial charge on any atom is 0.203 e. The van der Waals surface area contributed by atoms with E-state index in [4.69, 9.17) is 10.1 Å². The first-order valence-electron chi connectivity index (χ1n) is 7.56. The molecule has 1 saturated heterocycles. The van der Waals surface area contributed by atoms with E-state index in [-0.39, 0.29) is 19.0 Å². The number of morpholine rings is 1. The molecule has 1 aromatic carbocycles. The van der Waals surface area contributed by atoms with Crippen LogP contribution in [0.15, 0.2) is 24.3 Å². The van der Waals surface area contributed by atoms with Crippen LogP contribution < -0.4 is 22.9 Å². The summed E-state index contributed by atoms with van der Waals surface area (Å²) in [6.07, 6.45) is 0. The molecule has 0 unspecified atom stereocenters. The minimum Gasteiger partial charge on any atom is -1.00 e. The lowest BCUT2D eigenvalue weighted by atomic mass is 10.3. The highest BCUT2D eigenvalue weighted by atomic mass is 35.5. The van der Waals surface area contributed by atoms with Crippen molar-refractivity contribution in [2.24, 2.45) is 0 Å². The van der Waals surface area contributed by atoms with Gasteiger partial charge in [-0.25, -0.2) is 0 Å². The molecule has 0 amide bonds. The molecule has 1 aliphatic rings. The highest BCUT2D eigenvalue weighted by molar-refractivity contribution is 5.75. The fourth-order valence-electron chi connectivity index (χ4n) is 3.03. The fraction of sp³-hybridized carbons (Fsp3) is 0.533. The van der Waals surface area contributed by atoms with Gasteiger partial charge in [-0.1, -0.05) is 12.1 Å². The van der Waals surface area contributed by atoms with E-state index >= 15 is 0 Å². The van der Waals surface area contributed by atoms with Crippen molar-refractivity contribution in [3.8, 4) is 0 Å². The second kappa shape index (κ2) is 7.78. The van der Waals surface area contributed by atoms with Crippen molar-refractivity contribution in [2.45, 2.75) is 13.1 Å². The molecule has 0 spiro atoms. The molecule has 0 radical (unpaired) electrons. The number of hydrogen-bond acceptors (Lipinski definition) is 3. The molecule has 2 aromatic rings. The number of aliphatic hydroxyl groups is 1. The van der Waals surface area contributed by atoms with E-state index in [0.717, 1.165) is 50.4 Å². The molecule has 3 rings (SSSR count). The van der Waals surface area contributed by atoms with E-state index < -0.39 is 0 Å². The summed E-state index contributed by atoms with van der Waals surface area (Å²) in [5, 5.41) is 17.6. The third-order valence-electron chi connectivity index (χ3n) is 4.19. The number of nitrogens with one attached hydrogen (secondary N) is 2. The first-order chi connectivity index (χ1) is 10.3. The highest BCUT2D eigenvalue weighted by Crippen LogP contribution is 2.12. The number of hydrogen-bond donors (Lipinski definition) is 3. The van der Waals surface area contributed by atoms with Crippen LogP contribution in [0.25, 0.3) is 11.0 Å². The molecule has 3 N–H and O–H groups in total. The van der Waals surface area contributed by atoms with Crippen molar-refractivity contribution in [3.05, 3.63) is 29.9 Å². The van der Waals surface area contributed by atoms with Crippen molar-refractivity contribution in [3.63, 3.8) is 0 Å². The van der Waals surface area contributed by atoms with Crippen LogP contribution >= 0.6 is 0 Å². The molecular weight excluding hydrogens is 304 g/mol. The second-order valence-corrected chi connectivity index (χ2v) is 5.45. The number of para-hydroxylation sites is 2. The molecule has 7 heteroatoms. The van der Waals surface area contributed by atoms with Crippen molar-refractivity contribution < 1.29 is 27.2 Å². The normalized spacial score (nSPS) is 15.9. The summed E-state index contributed by atoms with van der Waals surface area (Å²) in [5.41, 5.74) is 2.56. The van der Waals surface area contributed by atoms with Crippen LogP contribution in [0.5, 0.6) is 0 Å². The number of aromatic nitrogens is 2. The maximum absolute atomic E-state index is 9.22. The average Bonchev–Trinajstić information content (AvgIpc) is 2.79. The maximum atomic E-state index is 9.22. The molecule has 1 fully saturated rings. The number of benzene rings is 1. The Balaban J connectivity index is 0.00000176. The predicted molar refractivity (Wildman–Crippen MR) is 79.3 cm³/mol. The van der Waals surface area contributed by atoms with Gasteiger partial charge in [0, 0.05) is 6.54 Å². The van der Waals surface area contributed by atoms with Gasteiger partial charge in [0.15, 0.2) is 0 Å². The minimum absolute atomic E-state index is 0. The number of quaternary nitrogens is 1. The van der Waals surface area contributed by atoms with Crippen molar-refractivity contribution >= 4 is 11.0 Å². The van der Waals surface area contributed by atoms with Crippen molar-refractivity contribution in [1.82, 2.24) is 9.13 Å². The van der Waals surface area contributed by atoms with Crippen LogP contribution in [0, 0.1) is 5.41 Å². The van der Waals surface area contributed by atoms with Gasteiger partial charge in [-0.3, -0.25) is 5.41 Å². The van der Waals surface area contributed by atoms with Gasteiger partial charge in [0.2, 0.25) is 5.62 Å². The van der Waals surface area contributed by atoms with Crippen LogP contribution in [-0.4, -0.2) is 53.7 Å². The molecule has 2 heterocycles. The standard InChI is InChI=1S/C15H22N4O2.ClH/c16-15-18(6-5-17-8-11-21-12-9-17)13-3-1-2-4-14(13)19(15)7-10-20;/h1-4,16,20H,5-12H2;1H. The van der Waals surface area contributed by atoms with Gasteiger partial charge in [-0.15, -0.1) is 0 Å². The summed E-state index contributed by atoms with van der Waals surface area (Å²) in [4.78, 5) is 1.53. The summed E-state index contributed by atoms with van der Waals surface area (Å²) < 4.78 is 9.31. The van der Waals surface area contributed by atoms with E-state index in [1.165, 1.54) is 4.90 Å². The molecule has 0 saturated carbocycles. The zero-order valence-corrected chi connectivity index (χ0v) is 13.4. The number of rotatable bonds is 5. The van der Waals surface area contributed by atoms with E-state index in [0.29, 0.717) is 12.2 Å². The molecule has 0 bridgehead atoms. The van der Waals surface area contributed by atoms with Gasteiger partial charge in [-0.2, -0.15) is 0 Å². The Morgan fingerprint density at radius 1 is 1.09 bits per heavy atom. The minimum atomic E-state index is 0. The van der Waals surface area contributed by atoms with Crippen molar-refractivity contribution in [2.75, 3.05) is 39.5 Å². The number of nitrogens with zero attached hydrogens (tertiary/aromatic N) is 2. The van der Waals surface area contributed by atoms with Crippen molar-refractivity contribution in [1.29, 1.82) is 5.41 Å². The number of aliphatic hydroxyl groups excluding tert-OH is 1. The topological polar surface area (TPSA) is 67.6 Å². The Labute approximate surface area is 135 Å². The first-order valence-corrected chi connectivity index (χ1v) is 7.56. The quantitative estimate of drug-likeness (QED) is 0.522. The lowest BCUT2D eigenvalue weighted by Crippen LogP contribution is -3.14. The van der Waals surface area contributed by atoms with Gasteiger partial charge in [0.25, 0.3) is 0 Å². The SMILES string of the molecule is N=c1n(CCO)c2ccccc2n1CC[NH+]1CCOCC1.[Cl-]. The fourth-order valence-corrected chi connectivity index (χ4v) is 3.03. The monoisotopic (exact) mass is 326 g/mol. The van der Waals surface area contributed by atoms with Crippen LogP contribution in [0.3, 0.4) is 0 Å². The Bertz CT molecular complexity index is 661. The van der Waals surface area contributed by atoms with Crippen LogP contribution in [0.4, 0.5) is 0 Å². The number of fused-ring (bicyclic) bond motifs is 1. The van der Waals surface area contributed by atoms with Gasteiger partial charge in [0.05, 0.1) is 43.9 Å². The number of halogens is 1. The third-order valence-corrected chi connectivity index (χ3v) is 4.19. The third kappa shape index (κ3) is 3.35. The molecule has 122 valence electrons. The Kier molecular flexibility index (Phi) is 6.02.